The molecule has 0 heterocycles. The van der Waals surface area contributed by atoms with Gasteiger partial charge in [0.1, 0.15) is 30.0 Å². The third-order valence-electron chi connectivity index (χ3n) is 4.74. The molecule has 35 heavy (non-hydrogen) atoms. The van der Waals surface area contributed by atoms with Crippen molar-refractivity contribution in [2.45, 2.75) is 36.0 Å². The zero-order valence-corrected chi connectivity index (χ0v) is 21.3. The third-order valence-corrected chi connectivity index (χ3v) is 7.57. The molecule has 0 unspecified atom stereocenters. The van der Waals surface area contributed by atoms with E-state index in [1.807, 2.05) is 0 Å². The van der Waals surface area contributed by atoms with Crippen LogP contribution in [0.1, 0.15) is 20.3 Å². The van der Waals surface area contributed by atoms with Gasteiger partial charge in [-0.3, -0.25) is 9.59 Å². The van der Waals surface area contributed by atoms with Crippen molar-refractivity contribution in [3.63, 3.8) is 0 Å². The predicted octanol–water partition coefficient (Wildman–Crippen LogP) is 4.07. The van der Waals surface area contributed by atoms with Crippen molar-refractivity contribution in [2.75, 3.05) is 19.5 Å². The van der Waals surface area contributed by atoms with Crippen LogP contribution < -0.4 is 9.46 Å². The summed E-state index contributed by atoms with van der Waals surface area (Å²) in [4.78, 5) is 24.1. The summed E-state index contributed by atoms with van der Waals surface area (Å²) in [6, 6.07) is 9.66. The molecule has 0 spiro atoms. The number of benzene rings is 2. The number of sulfonamides is 1. The molecule has 0 fully saturated rings. The molecule has 0 aliphatic rings. The molecule has 0 saturated heterocycles. The van der Waals surface area contributed by atoms with Gasteiger partial charge in [-0.2, -0.15) is 16.5 Å². The Balaban J connectivity index is 2.19. The van der Waals surface area contributed by atoms with Crippen LogP contribution in [0, 0.1) is 5.82 Å². The molecule has 2 rings (SSSR count). The number of carbonyl (C=O) groups is 2. The van der Waals surface area contributed by atoms with Gasteiger partial charge >= 0.3 is 11.9 Å². The van der Waals surface area contributed by atoms with Crippen molar-refractivity contribution >= 4 is 33.7 Å². The summed E-state index contributed by atoms with van der Waals surface area (Å²) in [5, 5.41) is 0. The average molecular weight is 526 g/mol. The first-order valence-corrected chi connectivity index (χ1v) is 13.0. The van der Waals surface area contributed by atoms with E-state index < -0.39 is 38.6 Å². The third kappa shape index (κ3) is 8.68. The number of esters is 2. The van der Waals surface area contributed by atoms with Crippen LogP contribution in [0.4, 0.5) is 4.39 Å². The fourth-order valence-electron chi connectivity index (χ4n) is 2.83. The van der Waals surface area contributed by atoms with Crippen molar-refractivity contribution in [1.29, 1.82) is 0 Å². The fraction of sp³-hybridized carbons (Fsp3) is 0.333. The van der Waals surface area contributed by atoms with Crippen molar-refractivity contribution in [3.05, 3.63) is 67.0 Å². The van der Waals surface area contributed by atoms with Gasteiger partial charge in [0.2, 0.25) is 10.0 Å². The van der Waals surface area contributed by atoms with Crippen LogP contribution in [0.3, 0.4) is 0 Å². The summed E-state index contributed by atoms with van der Waals surface area (Å²) in [6.45, 7) is 6.76. The fourth-order valence-corrected chi connectivity index (χ4v) is 5.35. The first kappa shape index (κ1) is 28.3. The number of nitrogens with one attached hydrogen (secondary N) is 1. The van der Waals surface area contributed by atoms with E-state index >= 15 is 0 Å². The van der Waals surface area contributed by atoms with E-state index in [1.165, 1.54) is 73.5 Å². The van der Waals surface area contributed by atoms with E-state index in [4.69, 9.17) is 9.47 Å². The van der Waals surface area contributed by atoms with Crippen molar-refractivity contribution in [2.24, 2.45) is 0 Å². The van der Waals surface area contributed by atoms with Crippen LogP contribution in [0.2, 0.25) is 0 Å². The van der Waals surface area contributed by atoms with Gasteiger partial charge < -0.3 is 14.2 Å². The molecule has 0 amide bonds. The SMILES string of the molecule is C=CCOC(=O)[C@H](NS(=O)(=O)c1ccc(Oc2ccc(F)cc2)cc1)C(C)(C)SCCC(=O)OC. The van der Waals surface area contributed by atoms with Crippen molar-refractivity contribution in [3.8, 4) is 11.5 Å². The Kier molecular flexibility index (Phi) is 10.3. The van der Waals surface area contributed by atoms with Gasteiger partial charge in [0.25, 0.3) is 0 Å². The maximum absolute atomic E-state index is 13.1. The molecular weight excluding hydrogens is 497 g/mol. The molecule has 0 aromatic heterocycles. The van der Waals surface area contributed by atoms with Gasteiger partial charge in [0.15, 0.2) is 0 Å². The molecule has 1 atom stereocenters. The molecule has 0 aliphatic heterocycles. The summed E-state index contributed by atoms with van der Waals surface area (Å²) < 4.78 is 56.1. The summed E-state index contributed by atoms with van der Waals surface area (Å²) in [5.41, 5.74) is 0. The van der Waals surface area contributed by atoms with Crippen LogP contribution >= 0.6 is 11.8 Å². The highest BCUT2D eigenvalue weighted by Gasteiger charge is 2.40. The van der Waals surface area contributed by atoms with Crippen LogP contribution in [0.15, 0.2) is 66.1 Å². The summed E-state index contributed by atoms with van der Waals surface area (Å²) >= 11 is 1.23. The van der Waals surface area contributed by atoms with Gasteiger partial charge in [0.05, 0.1) is 18.4 Å². The smallest absolute Gasteiger partial charge is 0.325 e. The van der Waals surface area contributed by atoms with Gasteiger partial charge in [-0.15, -0.1) is 0 Å². The molecule has 0 radical (unpaired) electrons. The lowest BCUT2D eigenvalue weighted by molar-refractivity contribution is -0.145. The zero-order valence-electron chi connectivity index (χ0n) is 19.7. The van der Waals surface area contributed by atoms with Crippen molar-refractivity contribution in [1.82, 2.24) is 4.72 Å². The lowest BCUT2D eigenvalue weighted by atomic mass is 10.0. The standard InChI is InChI=1S/C24H28FNO7S2/c1-5-15-32-23(28)22(24(2,3)34-16-14-21(27)31-4)26-35(29,30)20-12-10-19(11-13-20)33-18-8-6-17(25)7-9-18/h5-13,22,26H,1,14-16H2,2-4H3/t22-/m0/s1. The molecule has 0 saturated carbocycles. The second-order valence-electron chi connectivity index (χ2n) is 7.78. The first-order chi connectivity index (χ1) is 16.5. The second kappa shape index (κ2) is 12.7. The number of halogens is 1. The van der Waals surface area contributed by atoms with Gasteiger partial charge in [-0.05, 0) is 62.4 Å². The van der Waals surface area contributed by atoms with E-state index in [-0.39, 0.29) is 17.9 Å². The second-order valence-corrected chi connectivity index (χ2v) is 11.2. The van der Waals surface area contributed by atoms with Gasteiger partial charge in [0, 0.05) is 10.5 Å². The number of rotatable bonds is 13. The van der Waals surface area contributed by atoms with Gasteiger partial charge in [-0.1, -0.05) is 12.7 Å². The highest BCUT2D eigenvalue weighted by molar-refractivity contribution is 8.00. The molecule has 1 N–H and O–H groups in total. The van der Waals surface area contributed by atoms with Crippen LogP contribution in [-0.4, -0.2) is 50.6 Å². The van der Waals surface area contributed by atoms with E-state index in [1.54, 1.807) is 13.8 Å². The molecular formula is C24H28FNO7S2. The lowest BCUT2D eigenvalue weighted by Crippen LogP contribution is -2.53. The number of hydrogen-bond donors (Lipinski definition) is 1. The highest BCUT2D eigenvalue weighted by atomic mass is 32.2. The maximum atomic E-state index is 13.1. The number of thioether (sulfide) groups is 1. The molecule has 2 aromatic carbocycles. The van der Waals surface area contributed by atoms with E-state index in [0.717, 1.165) is 0 Å². The highest BCUT2D eigenvalue weighted by Crippen LogP contribution is 2.31. The molecule has 0 bridgehead atoms. The Labute approximate surface area is 208 Å². The lowest BCUT2D eigenvalue weighted by Gasteiger charge is -2.32. The topological polar surface area (TPSA) is 108 Å². The molecule has 2 aromatic rings. The summed E-state index contributed by atoms with van der Waals surface area (Å²) in [6.07, 6.45) is 1.47. The Bertz CT molecular complexity index is 1120. The van der Waals surface area contributed by atoms with Crippen LogP contribution in [0.5, 0.6) is 11.5 Å². The summed E-state index contributed by atoms with van der Waals surface area (Å²) in [5.74, 6) is -0.561. The maximum Gasteiger partial charge on any atom is 0.325 e. The van der Waals surface area contributed by atoms with Gasteiger partial charge in [-0.25, -0.2) is 12.8 Å². The number of hydrogen-bond acceptors (Lipinski definition) is 8. The Morgan fingerprint density at radius 2 is 1.69 bits per heavy atom. The largest absolute Gasteiger partial charge is 0.469 e. The Morgan fingerprint density at radius 1 is 1.11 bits per heavy atom. The Morgan fingerprint density at radius 3 is 2.23 bits per heavy atom. The predicted molar refractivity (Wildman–Crippen MR) is 131 cm³/mol. The number of carbonyl (C=O) groups excluding carboxylic acids is 2. The average Bonchev–Trinajstić information content (AvgIpc) is 2.82. The summed E-state index contributed by atoms with van der Waals surface area (Å²) in [7, 11) is -2.87. The minimum absolute atomic E-state index is 0.0879. The van der Waals surface area contributed by atoms with Crippen molar-refractivity contribution < 1.29 is 36.6 Å². The normalized spacial score (nSPS) is 12.5. The molecule has 11 heteroatoms. The molecule has 190 valence electrons. The Hall–Kier alpha value is -2.89. The number of ether oxygens (including phenoxy) is 3. The quantitative estimate of drug-likeness (QED) is 0.308. The minimum atomic E-state index is -4.14. The van der Waals surface area contributed by atoms with E-state index in [9.17, 15) is 22.4 Å². The van der Waals surface area contributed by atoms with E-state index in [2.05, 4.69) is 16.0 Å². The van der Waals surface area contributed by atoms with E-state index in [0.29, 0.717) is 17.3 Å². The zero-order chi connectivity index (χ0) is 26.1. The number of methoxy groups -OCH3 is 1. The molecule has 8 nitrogen and oxygen atoms in total. The van der Waals surface area contributed by atoms with Crippen LogP contribution in [0.25, 0.3) is 0 Å². The monoisotopic (exact) mass is 525 g/mol. The van der Waals surface area contributed by atoms with Crippen LogP contribution in [-0.2, 0) is 29.1 Å². The minimum Gasteiger partial charge on any atom is -0.469 e. The molecule has 0 aliphatic carbocycles. The first-order valence-electron chi connectivity index (χ1n) is 10.5.